The second-order valence-corrected chi connectivity index (χ2v) is 6.39. The zero-order valence-corrected chi connectivity index (χ0v) is 12.5. The highest BCUT2D eigenvalue weighted by Gasteiger charge is 2.37. The molecule has 2 aromatic rings. The Labute approximate surface area is 123 Å². The maximum absolute atomic E-state index is 3.67. The lowest BCUT2D eigenvalue weighted by Gasteiger charge is -2.43. The third-order valence-corrected chi connectivity index (χ3v) is 4.72. The standard InChI is InChI=1S/C17H18BrN/c18-16-9-5-4-8-15(16)11-17(12-19-13-17)10-14-6-2-1-3-7-14/h1-9,19H,10-13H2. The molecule has 1 aliphatic rings. The quantitative estimate of drug-likeness (QED) is 0.904. The Bertz CT molecular complexity index is 546. The monoisotopic (exact) mass is 315 g/mol. The van der Waals surface area contributed by atoms with E-state index in [0.717, 1.165) is 25.9 Å². The number of rotatable bonds is 4. The molecule has 2 heteroatoms. The highest BCUT2D eigenvalue weighted by molar-refractivity contribution is 9.10. The minimum atomic E-state index is 0.380. The summed E-state index contributed by atoms with van der Waals surface area (Å²) in [6.07, 6.45) is 2.29. The van der Waals surface area contributed by atoms with Crippen molar-refractivity contribution in [1.29, 1.82) is 0 Å². The van der Waals surface area contributed by atoms with Crippen LogP contribution in [0.2, 0.25) is 0 Å². The van der Waals surface area contributed by atoms with Gasteiger partial charge >= 0.3 is 0 Å². The molecule has 0 bridgehead atoms. The fraction of sp³-hybridized carbons (Fsp3) is 0.294. The molecule has 0 aliphatic carbocycles. The van der Waals surface area contributed by atoms with E-state index < -0.39 is 0 Å². The summed E-state index contributed by atoms with van der Waals surface area (Å²) in [6, 6.07) is 19.4. The summed E-state index contributed by atoms with van der Waals surface area (Å²) in [5.74, 6) is 0. The molecule has 2 aromatic carbocycles. The molecule has 0 unspecified atom stereocenters. The molecule has 0 amide bonds. The van der Waals surface area contributed by atoms with Crippen molar-refractivity contribution in [2.24, 2.45) is 5.41 Å². The zero-order chi connectivity index (χ0) is 13.1. The summed E-state index contributed by atoms with van der Waals surface area (Å²) in [7, 11) is 0. The Morgan fingerprint density at radius 3 is 2.21 bits per heavy atom. The van der Waals surface area contributed by atoms with Crippen LogP contribution in [-0.4, -0.2) is 13.1 Å². The molecule has 1 fully saturated rings. The van der Waals surface area contributed by atoms with E-state index in [2.05, 4.69) is 75.8 Å². The summed E-state index contributed by atoms with van der Waals surface area (Å²) >= 11 is 3.67. The van der Waals surface area contributed by atoms with Gasteiger partial charge in [0, 0.05) is 23.0 Å². The van der Waals surface area contributed by atoms with Crippen LogP contribution in [0.1, 0.15) is 11.1 Å². The summed E-state index contributed by atoms with van der Waals surface area (Å²) < 4.78 is 1.23. The minimum absolute atomic E-state index is 0.380. The van der Waals surface area contributed by atoms with Crippen molar-refractivity contribution < 1.29 is 0 Å². The Morgan fingerprint density at radius 2 is 1.58 bits per heavy atom. The molecule has 1 nitrogen and oxygen atoms in total. The molecule has 0 radical (unpaired) electrons. The van der Waals surface area contributed by atoms with Gasteiger partial charge in [-0.1, -0.05) is 64.5 Å². The van der Waals surface area contributed by atoms with Gasteiger partial charge in [-0.3, -0.25) is 0 Å². The summed E-state index contributed by atoms with van der Waals surface area (Å²) in [5, 5.41) is 3.45. The largest absolute Gasteiger partial charge is 0.315 e. The molecule has 0 atom stereocenters. The average Bonchev–Trinajstić information content (AvgIpc) is 2.40. The van der Waals surface area contributed by atoms with Crippen LogP contribution in [0, 0.1) is 5.41 Å². The van der Waals surface area contributed by atoms with Crippen LogP contribution in [0.25, 0.3) is 0 Å². The molecular formula is C17H18BrN. The highest BCUT2D eigenvalue weighted by Crippen LogP contribution is 2.34. The van der Waals surface area contributed by atoms with E-state index in [1.807, 2.05) is 0 Å². The van der Waals surface area contributed by atoms with Gasteiger partial charge in [-0.05, 0) is 30.0 Å². The number of hydrogen-bond donors (Lipinski definition) is 1. The molecule has 0 spiro atoms. The van der Waals surface area contributed by atoms with Crippen molar-refractivity contribution in [2.75, 3.05) is 13.1 Å². The van der Waals surface area contributed by atoms with Crippen molar-refractivity contribution in [2.45, 2.75) is 12.8 Å². The second kappa shape index (κ2) is 5.48. The van der Waals surface area contributed by atoms with Crippen LogP contribution in [-0.2, 0) is 12.8 Å². The van der Waals surface area contributed by atoms with Crippen molar-refractivity contribution >= 4 is 15.9 Å². The van der Waals surface area contributed by atoms with Gasteiger partial charge in [-0.25, -0.2) is 0 Å². The van der Waals surface area contributed by atoms with Gasteiger partial charge in [0.05, 0.1) is 0 Å². The smallest absolute Gasteiger partial charge is 0.0207 e. The third kappa shape index (κ3) is 2.90. The molecule has 1 aliphatic heterocycles. The topological polar surface area (TPSA) is 12.0 Å². The van der Waals surface area contributed by atoms with Crippen molar-refractivity contribution in [3.8, 4) is 0 Å². The first-order valence-corrected chi connectivity index (χ1v) is 7.55. The van der Waals surface area contributed by atoms with Crippen molar-refractivity contribution in [3.05, 3.63) is 70.2 Å². The van der Waals surface area contributed by atoms with Crippen LogP contribution >= 0.6 is 15.9 Å². The predicted octanol–water partition coefficient (Wildman–Crippen LogP) is 3.82. The number of hydrogen-bond acceptors (Lipinski definition) is 1. The van der Waals surface area contributed by atoms with Gasteiger partial charge in [0.15, 0.2) is 0 Å². The van der Waals surface area contributed by atoms with Crippen molar-refractivity contribution in [1.82, 2.24) is 5.32 Å². The lowest BCUT2D eigenvalue weighted by molar-refractivity contribution is 0.166. The molecule has 0 saturated carbocycles. The molecule has 19 heavy (non-hydrogen) atoms. The van der Waals surface area contributed by atoms with E-state index in [9.17, 15) is 0 Å². The van der Waals surface area contributed by atoms with E-state index in [0.29, 0.717) is 5.41 Å². The zero-order valence-electron chi connectivity index (χ0n) is 10.9. The first-order chi connectivity index (χ1) is 9.27. The minimum Gasteiger partial charge on any atom is -0.315 e. The fourth-order valence-electron chi connectivity index (χ4n) is 2.87. The normalized spacial score (nSPS) is 16.9. The summed E-state index contributed by atoms with van der Waals surface area (Å²) in [6.45, 7) is 2.23. The number of benzene rings is 2. The van der Waals surface area contributed by atoms with E-state index >= 15 is 0 Å². The van der Waals surface area contributed by atoms with Gasteiger partial charge in [-0.2, -0.15) is 0 Å². The Balaban J connectivity index is 1.79. The SMILES string of the molecule is Brc1ccccc1CC1(Cc2ccccc2)CNC1. The first kappa shape index (κ1) is 12.9. The molecule has 98 valence electrons. The highest BCUT2D eigenvalue weighted by atomic mass is 79.9. The lowest BCUT2D eigenvalue weighted by Crippen LogP contribution is -2.56. The Morgan fingerprint density at radius 1 is 0.895 bits per heavy atom. The van der Waals surface area contributed by atoms with Crippen molar-refractivity contribution in [3.63, 3.8) is 0 Å². The molecule has 3 rings (SSSR count). The van der Waals surface area contributed by atoms with E-state index in [1.165, 1.54) is 15.6 Å². The molecule has 1 N–H and O–H groups in total. The van der Waals surface area contributed by atoms with Gasteiger partial charge in [0.25, 0.3) is 0 Å². The van der Waals surface area contributed by atoms with Gasteiger partial charge in [0.1, 0.15) is 0 Å². The first-order valence-electron chi connectivity index (χ1n) is 6.76. The maximum atomic E-state index is 3.67. The number of halogens is 1. The predicted molar refractivity (Wildman–Crippen MR) is 83.3 cm³/mol. The number of nitrogens with one attached hydrogen (secondary N) is 1. The van der Waals surface area contributed by atoms with E-state index in [-0.39, 0.29) is 0 Å². The van der Waals surface area contributed by atoms with Gasteiger partial charge in [-0.15, -0.1) is 0 Å². The molecule has 1 heterocycles. The molecule has 1 saturated heterocycles. The van der Waals surface area contributed by atoms with Crippen LogP contribution < -0.4 is 5.32 Å². The van der Waals surface area contributed by atoms with Crippen LogP contribution in [0.5, 0.6) is 0 Å². The third-order valence-electron chi connectivity index (χ3n) is 3.95. The van der Waals surface area contributed by atoms with E-state index in [1.54, 1.807) is 0 Å². The van der Waals surface area contributed by atoms with Gasteiger partial charge < -0.3 is 5.32 Å². The van der Waals surface area contributed by atoms with Crippen LogP contribution in [0.4, 0.5) is 0 Å². The average molecular weight is 316 g/mol. The van der Waals surface area contributed by atoms with Crippen LogP contribution in [0.3, 0.4) is 0 Å². The molecule has 0 aromatic heterocycles. The van der Waals surface area contributed by atoms with E-state index in [4.69, 9.17) is 0 Å². The van der Waals surface area contributed by atoms with Crippen LogP contribution in [0.15, 0.2) is 59.1 Å². The summed E-state index contributed by atoms with van der Waals surface area (Å²) in [4.78, 5) is 0. The fourth-order valence-corrected chi connectivity index (χ4v) is 3.29. The lowest BCUT2D eigenvalue weighted by atomic mass is 9.72. The Hall–Kier alpha value is -1.12. The second-order valence-electron chi connectivity index (χ2n) is 5.53. The molecular weight excluding hydrogens is 298 g/mol. The Kier molecular flexibility index (Phi) is 3.72. The van der Waals surface area contributed by atoms with Gasteiger partial charge in [0.2, 0.25) is 0 Å². The maximum Gasteiger partial charge on any atom is 0.0207 e. The summed E-state index contributed by atoms with van der Waals surface area (Å²) in [5.41, 5.74) is 3.24.